The van der Waals surface area contributed by atoms with Crippen molar-refractivity contribution in [3.63, 3.8) is 0 Å². The summed E-state index contributed by atoms with van der Waals surface area (Å²) in [5.41, 5.74) is 2.73. The van der Waals surface area contributed by atoms with Gasteiger partial charge >= 0.3 is 0 Å². The molecule has 0 bridgehead atoms. The standard InChI is InChI=1S/C22H23N5O4/c1-12(20(28)26-22-24-15-7-5-6-8-16(15)25-22)23-21(29)18-11-14-17(27(18)2)9-13(30-3)10-19(14)31-4/h5-12H,1-4H3,(H,23,29)(H2,24,25,26,28)/t12-/m1/s1. The van der Waals surface area contributed by atoms with Gasteiger partial charge in [0.05, 0.1) is 30.8 Å². The molecule has 0 saturated heterocycles. The summed E-state index contributed by atoms with van der Waals surface area (Å²) >= 11 is 0. The van der Waals surface area contributed by atoms with Gasteiger partial charge in [-0.25, -0.2) is 4.98 Å². The van der Waals surface area contributed by atoms with Crippen LogP contribution in [0, 0.1) is 0 Å². The van der Waals surface area contributed by atoms with Crippen molar-refractivity contribution in [1.29, 1.82) is 0 Å². The van der Waals surface area contributed by atoms with E-state index in [4.69, 9.17) is 9.47 Å². The number of aromatic amines is 1. The Morgan fingerprint density at radius 3 is 2.61 bits per heavy atom. The number of hydrogen-bond donors (Lipinski definition) is 3. The quantitative estimate of drug-likeness (QED) is 0.443. The lowest BCUT2D eigenvalue weighted by atomic mass is 10.2. The highest BCUT2D eigenvalue weighted by molar-refractivity contribution is 6.03. The van der Waals surface area contributed by atoms with E-state index in [2.05, 4.69) is 20.6 Å². The Kier molecular flexibility index (Phi) is 5.24. The fourth-order valence-corrected chi connectivity index (χ4v) is 3.45. The molecule has 31 heavy (non-hydrogen) atoms. The van der Waals surface area contributed by atoms with E-state index in [9.17, 15) is 9.59 Å². The summed E-state index contributed by atoms with van der Waals surface area (Å²) in [7, 11) is 4.90. The molecule has 0 aliphatic heterocycles. The first-order chi connectivity index (χ1) is 14.9. The zero-order valence-corrected chi connectivity index (χ0v) is 17.6. The maximum atomic E-state index is 12.9. The zero-order valence-electron chi connectivity index (χ0n) is 17.6. The number of H-pyrrole nitrogens is 1. The summed E-state index contributed by atoms with van der Waals surface area (Å²) < 4.78 is 12.5. The van der Waals surface area contributed by atoms with Crippen molar-refractivity contribution in [2.75, 3.05) is 19.5 Å². The predicted molar refractivity (Wildman–Crippen MR) is 118 cm³/mol. The predicted octanol–water partition coefficient (Wildman–Crippen LogP) is 2.83. The summed E-state index contributed by atoms with van der Waals surface area (Å²) in [5.74, 6) is 0.780. The van der Waals surface area contributed by atoms with Crippen LogP contribution in [-0.4, -0.2) is 46.6 Å². The molecule has 1 atom stereocenters. The van der Waals surface area contributed by atoms with Crippen LogP contribution >= 0.6 is 0 Å². The van der Waals surface area contributed by atoms with E-state index in [1.165, 1.54) is 0 Å². The van der Waals surface area contributed by atoms with E-state index >= 15 is 0 Å². The largest absolute Gasteiger partial charge is 0.497 e. The van der Waals surface area contributed by atoms with E-state index in [1.54, 1.807) is 44.9 Å². The number of hydrogen-bond acceptors (Lipinski definition) is 5. The van der Waals surface area contributed by atoms with Crippen LogP contribution in [-0.2, 0) is 11.8 Å². The molecule has 2 amide bonds. The van der Waals surface area contributed by atoms with Crippen LogP contribution in [0.25, 0.3) is 21.9 Å². The molecule has 4 aromatic rings. The molecule has 0 aliphatic rings. The second-order valence-electron chi connectivity index (χ2n) is 7.14. The molecule has 0 aliphatic carbocycles. The number of anilines is 1. The van der Waals surface area contributed by atoms with Crippen molar-refractivity contribution in [2.45, 2.75) is 13.0 Å². The summed E-state index contributed by atoms with van der Waals surface area (Å²) in [6, 6.07) is 12.0. The van der Waals surface area contributed by atoms with Crippen LogP contribution in [0.5, 0.6) is 11.5 Å². The highest BCUT2D eigenvalue weighted by Gasteiger charge is 2.22. The molecular weight excluding hydrogens is 398 g/mol. The van der Waals surface area contributed by atoms with Gasteiger partial charge in [-0.1, -0.05) is 12.1 Å². The molecule has 160 valence electrons. The zero-order chi connectivity index (χ0) is 22.1. The second kappa shape index (κ2) is 8.02. The van der Waals surface area contributed by atoms with Gasteiger partial charge in [-0.2, -0.15) is 0 Å². The Hall–Kier alpha value is -4.01. The molecule has 3 N–H and O–H groups in total. The summed E-state index contributed by atoms with van der Waals surface area (Å²) in [5, 5.41) is 6.20. The molecule has 0 spiro atoms. The van der Waals surface area contributed by atoms with Gasteiger partial charge in [0.15, 0.2) is 0 Å². The molecular formula is C22H23N5O4. The SMILES string of the molecule is COc1cc(OC)c2cc(C(=O)N[C@H](C)C(=O)Nc3nc4ccccc4[nH]3)n(C)c2c1. The molecule has 4 rings (SSSR count). The summed E-state index contributed by atoms with van der Waals surface area (Å²) in [4.78, 5) is 32.8. The van der Waals surface area contributed by atoms with E-state index in [0.717, 1.165) is 21.9 Å². The van der Waals surface area contributed by atoms with Crippen molar-refractivity contribution in [1.82, 2.24) is 19.9 Å². The minimum absolute atomic E-state index is 0.328. The number of aromatic nitrogens is 3. The van der Waals surface area contributed by atoms with Gasteiger partial charge < -0.3 is 24.3 Å². The fourth-order valence-electron chi connectivity index (χ4n) is 3.45. The molecule has 2 heterocycles. The number of ether oxygens (including phenoxy) is 2. The van der Waals surface area contributed by atoms with Gasteiger partial charge in [-0.15, -0.1) is 0 Å². The molecule has 0 radical (unpaired) electrons. The Bertz CT molecular complexity index is 1260. The van der Waals surface area contributed by atoms with Gasteiger partial charge in [0, 0.05) is 24.6 Å². The Morgan fingerprint density at radius 2 is 1.90 bits per heavy atom. The number of carbonyl (C=O) groups is 2. The number of carbonyl (C=O) groups excluding carboxylic acids is 2. The minimum Gasteiger partial charge on any atom is -0.497 e. The Balaban J connectivity index is 1.52. The van der Waals surface area contributed by atoms with E-state index in [-0.39, 0.29) is 11.8 Å². The van der Waals surface area contributed by atoms with Crippen molar-refractivity contribution in [2.24, 2.45) is 7.05 Å². The van der Waals surface area contributed by atoms with Gasteiger partial charge in [-0.05, 0) is 25.1 Å². The van der Waals surface area contributed by atoms with E-state index in [1.807, 2.05) is 30.3 Å². The van der Waals surface area contributed by atoms with Crippen molar-refractivity contribution in [3.8, 4) is 11.5 Å². The number of amides is 2. The fraction of sp³-hybridized carbons (Fsp3) is 0.227. The molecule has 0 fully saturated rings. The summed E-state index contributed by atoms with van der Waals surface area (Å²) in [6.45, 7) is 1.61. The van der Waals surface area contributed by atoms with Crippen LogP contribution in [0.15, 0.2) is 42.5 Å². The van der Waals surface area contributed by atoms with Crippen LogP contribution in [0.1, 0.15) is 17.4 Å². The van der Waals surface area contributed by atoms with Crippen molar-refractivity contribution in [3.05, 3.63) is 48.2 Å². The third-order valence-electron chi connectivity index (χ3n) is 5.16. The number of aryl methyl sites for hydroxylation is 1. The van der Waals surface area contributed by atoms with Crippen molar-refractivity contribution < 1.29 is 19.1 Å². The van der Waals surface area contributed by atoms with Crippen LogP contribution < -0.4 is 20.1 Å². The van der Waals surface area contributed by atoms with E-state index < -0.39 is 6.04 Å². The monoisotopic (exact) mass is 421 g/mol. The number of methoxy groups -OCH3 is 2. The average Bonchev–Trinajstić information content (AvgIpc) is 3.33. The third-order valence-corrected chi connectivity index (χ3v) is 5.16. The van der Waals surface area contributed by atoms with Crippen LogP contribution in [0.4, 0.5) is 5.95 Å². The van der Waals surface area contributed by atoms with Gasteiger partial charge in [0.1, 0.15) is 23.2 Å². The first-order valence-electron chi connectivity index (χ1n) is 9.69. The average molecular weight is 421 g/mol. The number of para-hydroxylation sites is 2. The number of benzene rings is 2. The number of fused-ring (bicyclic) bond motifs is 2. The Morgan fingerprint density at radius 1 is 1.13 bits per heavy atom. The highest BCUT2D eigenvalue weighted by Crippen LogP contribution is 2.33. The normalized spacial score (nSPS) is 12.0. The molecule has 2 aromatic carbocycles. The summed E-state index contributed by atoms with van der Waals surface area (Å²) in [6.07, 6.45) is 0. The highest BCUT2D eigenvalue weighted by atomic mass is 16.5. The van der Waals surface area contributed by atoms with E-state index in [0.29, 0.717) is 23.1 Å². The maximum absolute atomic E-state index is 12.9. The molecule has 0 unspecified atom stereocenters. The molecule has 2 aromatic heterocycles. The number of rotatable bonds is 6. The molecule has 9 heteroatoms. The lowest BCUT2D eigenvalue weighted by molar-refractivity contribution is -0.117. The molecule has 9 nitrogen and oxygen atoms in total. The van der Waals surface area contributed by atoms with Crippen LogP contribution in [0.2, 0.25) is 0 Å². The lowest BCUT2D eigenvalue weighted by Gasteiger charge is -2.13. The topological polar surface area (TPSA) is 110 Å². The van der Waals surface area contributed by atoms with Crippen molar-refractivity contribution >= 4 is 39.7 Å². The number of imidazole rings is 1. The Labute approximate surface area is 178 Å². The maximum Gasteiger partial charge on any atom is 0.268 e. The first kappa shape index (κ1) is 20.3. The van der Waals surface area contributed by atoms with Crippen LogP contribution in [0.3, 0.4) is 0 Å². The van der Waals surface area contributed by atoms with Gasteiger partial charge in [0.25, 0.3) is 5.91 Å². The second-order valence-corrected chi connectivity index (χ2v) is 7.14. The third kappa shape index (κ3) is 3.77. The lowest BCUT2D eigenvalue weighted by Crippen LogP contribution is -2.42. The van der Waals surface area contributed by atoms with Gasteiger partial charge in [-0.3, -0.25) is 14.9 Å². The first-order valence-corrected chi connectivity index (χ1v) is 9.69. The molecule has 0 saturated carbocycles. The number of nitrogens with zero attached hydrogens (tertiary/aromatic N) is 2. The number of nitrogens with one attached hydrogen (secondary N) is 3. The minimum atomic E-state index is -0.782. The smallest absolute Gasteiger partial charge is 0.268 e. The van der Waals surface area contributed by atoms with Gasteiger partial charge in [0.2, 0.25) is 11.9 Å².